The number of aryl methyl sites for hydroxylation is 2. The van der Waals surface area contributed by atoms with Gasteiger partial charge in [0, 0.05) is 28.8 Å². The zero-order valence-electron chi connectivity index (χ0n) is 15.3. The number of anilines is 2. The van der Waals surface area contributed by atoms with Crippen LogP contribution in [0, 0.1) is 13.8 Å². The Labute approximate surface area is 167 Å². The molecule has 144 valence electrons. The molecule has 1 fully saturated rings. The Morgan fingerprint density at radius 2 is 1.25 bits per heavy atom. The third kappa shape index (κ3) is 3.26. The number of nitrogens with zero attached hydrogens (tertiary/aromatic N) is 6. The van der Waals surface area contributed by atoms with Gasteiger partial charge in [0.25, 0.3) is 0 Å². The molecule has 1 aliphatic heterocycles. The number of hydrogen-bond donors (Lipinski definition) is 2. The number of hydrogen-bond acceptors (Lipinski definition) is 8. The average molecular weight is 399 g/mol. The number of aliphatic hydroxyl groups is 2. The van der Waals surface area contributed by atoms with Crippen LogP contribution in [0.3, 0.4) is 0 Å². The smallest absolute Gasteiger partial charge is 0.229 e. The van der Waals surface area contributed by atoms with Crippen molar-refractivity contribution in [1.82, 2.24) is 19.9 Å². The van der Waals surface area contributed by atoms with Crippen molar-refractivity contribution < 1.29 is 10.2 Å². The second-order valence-electron chi connectivity index (χ2n) is 6.56. The molecule has 2 N–H and O–H groups in total. The SMILES string of the molecule is Cc1ccnc(N2C(c3ccc(Cl)cc3)N(c3nccc(C)n3)[C@H](O)[C@H]2O)n1. The Balaban J connectivity index is 1.88. The van der Waals surface area contributed by atoms with Crippen molar-refractivity contribution in [2.24, 2.45) is 0 Å². The van der Waals surface area contributed by atoms with E-state index in [1.54, 1.807) is 46.5 Å². The number of halogens is 1. The van der Waals surface area contributed by atoms with E-state index in [1.807, 2.05) is 26.0 Å². The number of aromatic nitrogens is 4. The Kier molecular flexibility index (Phi) is 4.84. The van der Waals surface area contributed by atoms with E-state index in [-0.39, 0.29) is 0 Å². The van der Waals surface area contributed by atoms with Crippen molar-refractivity contribution in [1.29, 1.82) is 0 Å². The van der Waals surface area contributed by atoms with E-state index < -0.39 is 18.6 Å². The summed E-state index contributed by atoms with van der Waals surface area (Å²) in [5.41, 5.74) is 2.26. The highest BCUT2D eigenvalue weighted by atomic mass is 35.5. The molecule has 4 rings (SSSR count). The third-order valence-electron chi connectivity index (χ3n) is 4.56. The molecule has 2 aromatic heterocycles. The summed E-state index contributed by atoms with van der Waals surface area (Å²) in [5.74, 6) is 0.586. The van der Waals surface area contributed by atoms with Crippen LogP contribution in [0.2, 0.25) is 5.02 Å². The first-order valence-electron chi connectivity index (χ1n) is 8.73. The van der Waals surface area contributed by atoms with E-state index in [9.17, 15) is 10.2 Å². The summed E-state index contributed by atoms with van der Waals surface area (Å²) in [4.78, 5) is 20.5. The maximum Gasteiger partial charge on any atom is 0.229 e. The Morgan fingerprint density at radius 1 is 0.786 bits per heavy atom. The summed E-state index contributed by atoms with van der Waals surface area (Å²) >= 11 is 6.05. The van der Waals surface area contributed by atoms with Crippen molar-refractivity contribution in [3.8, 4) is 0 Å². The lowest BCUT2D eigenvalue weighted by Gasteiger charge is -2.31. The van der Waals surface area contributed by atoms with Crippen LogP contribution in [-0.2, 0) is 0 Å². The number of aliphatic hydroxyl groups excluding tert-OH is 2. The Morgan fingerprint density at radius 3 is 1.68 bits per heavy atom. The summed E-state index contributed by atoms with van der Waals surface area (Å²) in [6, 6.07) is 10.7. The topological polar surface area (TPSA) is 98.5 Å². The molecule has 0 amide bonds. The molecule has 1 saturated heterocycles. The first-order valence-corrected chi connectivity index (χ1v) is 9.11. The van der Waals surface area contributed by atoms with Gasteiger partial charge in [-0.05, 0) is 43.7 Å². The molecule has 0 saturated carbocycles. The molecule has 0 bridgehead atoms. The molecule has 9 heteroatoms. The van der Waals surface area contributed by atoms with Crippen molar-refractivity contribution in [3.63, 3.8) is 0 Å². The predicted molar refractivity (Wildman–Crippen MR) is 105 cm³/mol. The van der Waals surface area contributed by atoms with E-state index in [0.29, 0.717) is 16.9 Å². The quantitative estimate of drug-likeness (QED) is 0.692. The second kappa shape index (κ2) is 7.31. The minimum Gasteiger partial charge on any atom is -0.369 e. The summed E-state index contributed by atoms with van der Waals surface area (Å²) in [6.45, 7) is 3.67. The van der Waals surface area contributed by atoms with Gasteiger partial charge in [0.2, 0.25) is 11.9 Å². The highest BCUT2D eigenvalue weighted by molar-refractivity contribution is 6.30. The van der Waals surface area contributed by atoms with Gasteiger partial charge < -0.3 is 10.2 Å². The predicted octanol–water partition coefficient (Wildman–Crippen LogP) is 2.20. The zero-order chi connectivity index (χ0) is 19.8. The Bertz CT molecular complexity index is 929. The lowest BCUT2D eigenvalue weighted by atomic mass is 10.1. The van der Waals surface area contributed by atoms with Gasteiger partial charge >= 0.3 is 0 Å². The lowest BCUT2D eigenvalue weighted by Crippen LogP contribution is -2.38. The van der Waals surface area contributed by atoms with Crippen LogP contribution in [0.5, 0.6) is 0 Å². The molecule has 28 heavy (non-hydrogen) atoms. The molecule has 1 aromatic carbocycles. The highest BCUT2D eigenvalue weighted by Crippen LogP contribution is 2.40. The molecular formula is C19H19ClN6O2. The van der Waals surface area contributed by atoms with E-state index in [0.717, 1.165) is 17.0 Å². The molecular weight excluding hydrogens is 380 g/mol. The van der Waals surface area contributed by atoms with E-state index >= 15 is 0 Å². The maximum absolute atomic E-state index is 10.9. The number of benzene rings is 1. The normalized spacial score (nSPS) is 20.0. The number of rotatable bonds is 3. The highest BCUT2D eigenvalue weighted by Gasteiger charge is 2.49. The van der Waals surface area contributed by atoms with Crippen LogP contribution in [0.15, 0.2) is 48.8 Å². The lowest BCUT2D eigenvalue weighted by molar-refractivity contribution is 0.0448. The van der Waals surface area contributed by atoms with Crippen LogP contribution >= 0.6 is 11.6 Å². The van der Waals surface area contributed by atoms with Gasteiger partial charge in [-0.1, -0.05) is 23.7 Å². The van der Waals surface area contributed by atoms with E-state index in [4.69, 9.17) is 11.6 Å². The second-order valence-corrected chi connectivity index (χ2v) is 7.00. The van der Waals surface area contributed by atoms with Gasteiger partial charge in [0.15, 0.2) is 12.5 Å². The van der Waals surface area contributed by atoms with Gasteiger partial charge in [-0.2, -0.15) is 0 Å². The van der Waals surface area contributed by atoms with Crippen LogP contribution in [0.4, 0.5) is 11.9 Å². The molecule has 0 aliphatic carbocycles. The van der Waals surface area contributed by atoms with Crippen molar-refractivity contribution >= 4 is 23.5 Å². The largest absolute Gasteiger partial charge is 0.369 e. The van der Waals surface area contributed by atoms with Crippen LogP contribution in [0.1, 0.15) is 23.1 Å². The minimum atomic E-state index is -1.29. The van der Waals surface area contributed by atoms with Crippen LogP contribution in [-0.4, -0.2) is 42.6 Å². The molecule has 0 spiro atoms. The summed E-state index contributed by atoms with van der Waals surface area (Å²) < 4.78 is 0. The molecule has 0 radical (unpaired) electrons. The standard InChI is InChI=1S/C19H19ClN6O2/c1-11-7-9-21-18(23-11)25-15(13-3-5-14(20)6-4-13)26(17(28)16(25)27)19-22-10-8-12(2)24-19/h3-10,15-17,27-28H,1-2H3/t16-,17-/m1/s1. The minimum absolute atomic E-state index is 0.293. The average Bonchev–Trinajstić information content (AvgIpc) is 2.93. The first kappa shape index (κ1) is 18.5. The summed E-state index contributed by atoms with van der Waals surface area (Å²) in [5, 5.41) is 22.3. The molecule has 1 aliphatic rings. The van der Waals surface area contributed by atoms with Crippen molar-refractivity contribution in [2.45, 2.75) is 32.5 Å². The van der Waals surface area contributed by atoms with Crippen LogP contribution in [0.25, 0.3) is 0 Å². The molecule has 2 atom stereocenters. The molecule has 3 aromatic rings. The maximum atomic E-state index is 10.9. The van der Waals surface area contributed by atoms with Gasteiger partial charge in [-0.25, -0.2) is 19.9 Å². The fourth-order valence-electron chi connectivity index (χ4n) is 3.24. The van der Waals surface area contributed by atoms with E-state index in [2.05, 4.69) is 19.9 Å². The van der Waals surface area contributed by atoms with E-state index in [1.165, 1.54) is 0 Å². The summed E-state index contributed by atoms with van der Waals surface area (Å²) in [7, 11) is 0. The summed E-state index contributed by atoms with van der Waals surface area (Å²) in [6.07, 6.45) is 0.0206. The monoisotopic (exact) mass is 398 g/mol. The molecule has 3 heterocycles. The van der Waals surface area contributed by atoms with Gasteiger partial charge in [0.1, 0.15) is 6.17 Å². The van der Waals surface area contributed by atoms with Gasteiger partial charge in [-0.15, -0.1) is 0 Å². The first-order chi connectivity index (χ1) is 13.5. The fraction of sp³-hybridized carbons (Fsp3) is 0.263. The van der Waals surface area contributed by atoms with Crippen LogP contribution < -0.4 is 9.80 Å². The Hall–Kier alpha value is -2.81. The third-order valence-corrected chi connectivity index (χ3v) is 4.81. The zero-order valence-corrected chi connectivity index (χ0v) is 16.1. The van der Waals surface area contributed by atoms with Crippen molar-refractivity contribution in [2.75, 3.05) is 9.80 Å². The van der Waals surface area contributed by atoms with Gasteiger partial charge in [-0.3, -0.25) is 9.80 Å². The fourth-order valence-corrected chi connectivity index (χ4v) is 3.37. The van der Waals surface area contributed by atoms with Gasteiger partial charge in [0.05, 0.1) is 0 Å². The van der Waals surface area contributed by atoms with Crippen molar-refractivity contribution in [3.05, 3.63) is 70.8 Å². The molecule has 8 nitrogen and oxygen atoms in total. The molecule has 0 unspecified atom stereocenters.